The molecule has 2 aromatic carbocycles. The van der Waals surface area contributed by atoms with Crippen LogP contribution >= 0.6 is 0 Å². The van der Waals surface area contributed by atoms with Crippen molar-refractivity contribution in [2.45, 2.75) is 55.6 Å². The summed E-state index contributed by atoms with van der Waals surface area (Å²) in [5.41, 5.74) is -1.29. The third-order valence-electron chi connectivity index (χ3n) is 7.43. The molecule has 0 unspecified atom stereocenters. The van der Waals surface area contributed by atoms with E-state index < -0.39 is 47.8 Å². The van der Waals surface area contributed by atoms with E-state index >= 15 is 0 Å². The summed E-state index contributed by atoms with van der Waals surface area (Å²) in [6.07, 6.45) is -2.85. The maximum absolute atomic E-state index is 12.9. The van der Waals surface area contributed by atoms with Gasteiger partial charge >= 0.3 is 6.18 Å². The summed E-state index contributed by atoms with van der Waals surface area (Å²) in [5.74, 6) is -0.664. The number of hydrogen-bond acceptors (Lipinski definition) is 6. The predicted molar refractivity (Wildman–Crippen MR) is 132 cm³/mol. The molecule has 0 aromatic heterocycles. The number of β-amino-alcohol motifs (C(OH)–C–C–N with tert-alkyl or cyclic N) is 1. The van der Waals surface area contributed by atoms with Crippen molar-refractivity contribution in [1.29, 1.82) is 0 Å². The molecule has 1 saturated heterocycles. The molecule has 1 aliphatic carbocycles. The lowest BCUT2D eigenvalue weighted by Gasteiger charge is -2.40. The Morgan fingerprint density at radius 3 is 2.50 bits per heavy atom. The van der Waals surface area contributed by atoms with Crippen LogP contribution in [0, 0.1) is 0 Å². The molecule has 4 rings (SSSR count). The van der Waals surface area contributed by atoms with Crippen LogP contribution in [-0.2, 0) is 16.6 Å². The first-order valence-corrected chi connectivity index (χ1v) is 12.5. The first-order chi connectivity index (χ1) is 18.0. The molecule has 0 radical (unpaired) electrons. The number of nitrogens with zero attached hydrogens (tertiary/aromatic N) is 1. The summed E-state index contributed by atoms with van der Waals surface area (Å²) in [5, 5.41) is 26.8. The number of likely N-dealkylation sites (tertiary alicyclic amines) is 1. The molecule has 11 heteroatoms. The topological polar surface area (TPSA) is 111 Å². The van der Waals surface area contributed by atoms with Crippen LogP contribution < -0.4 is 15.4 Å². The van der Waals surface area contributed by atoms with Gasteiger partial charge in [-0.3, -0.25) is 14.5 Å². The van der Waals surface area contributed by atoms with Gasteiger partial charge in [0.2, 0.25) is 5.91 Å². The quantitative estimate of drug-likeness (QED) is 0.434. The van der Waals surface area contributed by atoms with Crippen molar-refractivity contribution in [2.24, 2.45) is 0 Å². The standard InChI is InChI=1S/C27H32F3N3O5/c1-38-21-7-3-5-18(13-21)26(37)10-8-20(9-11-26)33-15-22(23(34)16-33)32-24(35)14-31-25(36)17-4-2-6-19(12-17)27(28,29)30/h2-7,12-13,20,22-23,34,37H,8-11,14-16H2,1H3,(H,31,36)(H,32,35)/t20?,22-,23-,26?/m0/s1. The first kappa shape index (κ1) is 27.9. The Kier molecular flexibility index (Phi) is 8.29. The van der Waals surface area contributed by atoms with Crippen LogP contribution in [0.3, 0.4) is 0 Å². The lowest BCUT2D eigenvalue weighted by Crippen LogP contribution is -2.47. The molecule has 1 saturated carbocycles. The van der Waals surface area contributed by atoms with Gasteiger partial charge in [-0.05, 0) is 61.6 Å². The molecule has 2 aromatic rings. The van der Waals surface area contributed by atoms with E-state index in [-0.39, 0.29) is 11.6 Å². The zero-order chi connectivity index (χ0) is 27.5. The van der Waals surface area contributed by atoms with Gasteiger partial charge in [-0.1, -0.05) is 18.2 Å². The van der Waals surface area contributed by atoms with Crippen molar-refractivity contribution in [1.82, 2.24) is 15.5 Å². The molecule has 8 nitrogen and oxygen atoms in total. The van der Waals surface area contributed by atoms with E-state index in [1.54, 1.807) is 7.11 Å². The zero-order valence-electron chi connectivity index (χ0n) is 21.0. The van der Waals surface area contributed by atoms with Crippen molar-refractivity contribution in [3.05, 3.63) is 65.2 Å². The second kappa shape index (κ2) is 11.3. The average molecular weight is 536 g/mol. The van der Waals surface area contributed by atoms with Gasteiger partial charge in [0.05, 0.1) is 37.0 Å². The fourth-order valence-corrected chi connectivity index (χ4v) is 5.26. The average Bonchev–Trinajstić information content (AvgIpc) is 3.26. The SMILES string of the molecule is COc1cccc(C2(O)CCC(N3C[C@H](NC(=O)CNC(=O)c4cccc(C(F)(F)F)c4)[C@@H](O)C3)CC2)c1. The van der Waals surface area contributed by atoms with Gasteiger partial charge in [-0.25, -0.2) is 0 Å². The van der Waals surface area contributed by atoms with E-state index in [2.05, 4.69) is 15.5 Å². The number of ether oxygens (including phenoxy) is 1. The molecule has 2 amide bonds. The van der Waals surface area contributed by atoms with Crippen molar-refractivity contribution >= 4 is 11.8 Å². The Bertz CT molecular complexity index is 1150. The van der Waals surface area contributed by atoms with E-state index in [9.17, 15) is 33.0 Å². The number of carbonyl (C=O) groups is 2. The third-order valence-corrected chi connectivity index (χ3v) is 7.43. The molecule has 38 heavy (non-hydrogen) atoms. The molecular formula is C27H32F3N3O5. The number of benzene rings is 2. The van der Waals surface area contributed by atoms with Crippen LogP contribution in [0.15, 0.2) is 48.5 Å². The lowest BCUT2D eigenvalue weighted by atomic mass is 9.77. The number of aliphatic hydroxyl groups is 2. The Labute approximate surface area is 218 Å². The van der Waals surface area contributed by atoms with Gasteiger partial charge in [0.15, 0.2) is 0 Å². The Morgan fingerprint density at radius 2 is 1.82 bits per heavy atom. The fourth-order valence-electron chi connectivity index (χ4n) is 5.26. The Hall–Kier alpha value is -3.15. The molecule has 4 N–H and O–H groups in total. The maximum Gasteiger partial charge on any atom is 0.416 e. The van der Waals surface area contributed by atoms with Gasteiger partial charge in [-0.15, -0.1) is 0 Å². The highest BCUT2D eigenvalue weighted by Crippen LogP contribution is 2.40. The van der Waals surface area contributed by atoms with Gasteiger partial charge < -0.3 is 25.6 Å². The van der Waals surface area contributed by atoms with Crippen molar-refractivity contribution in [3.63, 3.8) is 0 Å². The number of carbonyl (C=O) groups excluding carboxylic acids is 2. The number of amides is 2. The fraction of sp³-hybridized carbons (Fsp3) is 0.481. The third kappa shape index (κ3) is 6.46. The molecule has 0 bridgehead atoms. The van der Waals surface area contributed by atoms with E-state index in [0.29, 0.717) is 44.5 Å². The Morgan fingerprint density at radius 1 is 1.11 bits per heavy atom. The summed E-state index contributed by atoms with van der Waals surface area (Å²) < 4.78 is 43.9. The number of methoxy groups -OCH3 is 1. The van der Waals surface area contributed by atoms with Crippen molar-refractivity contribution < 1.29 is 37.7 Å². The van der Waals surface area contributed by atoms with Crippen LogP contribution in [0.1, 0.15) is 47.2 Å². The minimum Gasteiger partial charge on any atom is -0.497 e. The molecule has 2 fully saturated rings. The van der Waals surface area contributed by atoms with Crippen molar-refractivity contribution in [2.75, 3.05) is 26.7 Å². The van der Waals surface area contributed by atoms with Crippen LogP contribution in [0.25, 0.3) is 0 Å². The molecule has 206 valence electrons. The highest BCUT2D eigenvalue weighted by molar-refractivity contribution is 5.96. The molecule has 2 aliphatic rings. The highest BCUT2D eigenvalue weighted by Gasteiger charge is 2.41. The summed E-state index contributed by atoms with van der Waals surface area (Å²) in [7, 11) is 1.58. The second-order valence-corrected chi connectivity index (χ2v) is 9.95. The summed E-state index contributed by atoms with van der Waals surface area (Å²) in [4.78, 5) is 26.7. The summed E-state index contributed by atoms with van der Waals surface area (Å²) >= 11 is 0. The number of hydrogen-bond donors (Lipinski definition) is 4. The minimum absolute atomic E-state index is 0.137. The largest absolute Gasteiger partial charge is 0.497 e. The van der Waals surface area contributed by atoms with E-state index in [0.717, 1.165) is 23.8 Å². The lowest BCUT2D eigenvalue weighted by molar-refractivity contribution is -0.137. The van der Waals surface area contributed by atoms with Gasteiger partial charge in [0.25, 0.3) is 5.91 Å². The van der Waals surface area contributed by atoms with E-state index in [4.69, 9.17) is 4.74 Å². The number of rotatable bonds is 7. The van der Waals surface area contributed by atoms with Crippen LogP contribution in [0.5, 0.6) is 5.75 Å². The number of halogens is 3. The molecule has 2 atom stereocenters. The predicted octanol–water partition coefficient (Wildman–Crippen LogP) is 2.44. The van der Waals surface area contributed by atoms with Gasteiger partial charge in [0.1, 0.15) is 5.75 Å². The molecule has 1 heterocycles. The zero-order valence-corrected chi connectivity index (χ0v) is 21.0. The van der Waals surface area contributed by atoms with E-state index in [1.165, 1.54) is 6.07 Å². The van der Waals surface area contributed by atoms with E-state index in [1.807, 2.05) is 24.3 Å². The van der Waals surface area contributed by atoms with Crippen LogP contribution in [0.4, 0.5) is 13.2 Å². The summed E-state index contributed by atoms with van der Waals surface area (Å²) in [6, 6.07) is 11.0. The second-order valence-electron chi connectivity index (χ2n) is 9.95. The van der Waals surface area contributed by atoms with Gasteiger partial charge in [0, 0.05) is 24.7 Å². The maximum atomic E-state index is 12.9. The Balaban J connectivity index is 1.25. The molecule has 1 aliphatic heterocycles. The normalized spacial score (nSPS) is 26.1. The first-order valence-electron chi connectivity index (χ1n) is 12.5. The van der Waals surface area contributed by atoms with Gasteiger partial charge in [-0.2, -0.15) is 13.2 Å². The summed E-state index contributed by atoms with van der Waals surface area (Å²) in [6.45, 7) is 0.343. The number of aliphatic hydroxyl groups excluding tert-OH is 1. The minimum atomic E-state index is -4.58. The molecule has 0 spiro atoms. The number of nitrogens with one attached hydrogen (secondary N) is 2. The molecular weight excluding hydrogens is 503 g/mol. The smallest absolute Gasteiger partial charge is 0.416 e. The van der Waals surface area contributed by atoms with Crippen LogP contribution in [-0.4, -0.2) is 71.9 Å². The van der Waals surface area contributed by atoms with Crippen molar-refractivity contribution in [3.8, 4) is 5.75 Å². The number of alkyl halides is 3. The van der Waals surface area contributed by atoms with Crippen LogP contribution in [0.2, 0.25) is 0 Å². The highest BCUT2D eigenvalue weighted by atomic mass is 19.4. The monoisotopic (exact) mass is 535 g/mol.